The van der Waals surface area contributed by atoms with Gasteiger partial charge in [-0.3, -0.25) is 0 Å². The number of nitrogens with zero attached hydrogens (tertiary/aromatic N) is 2. The maximum absolute atomic E-state index is 9.42. The Labute approximate surface area is 150 Å². The molecule has 0 radical (unpaired) electrons. The van der Waals surface area contributed by atoms with Crippen molar-refractivity contribution >= 4 is 5.69 Å². The van der Waals surface area contributed by atoms with Crippen molar-refractivity contribution in [2.24, 2.45) is 11.1 Å². The van der Waals surface area contributed by atoms with Crippen molar-refractivity contribution in [3.63, 3.8) is 0 Å². The number of nitrogens with two attached hydrogens (primary N) is 1. The quantitative estimate of drug-likeness (QED) is 0.717. The molecule has 0 fully saturated rings. The summed E-state index contributed by atoms with van der Waals surface area (Å²) in [6.45, 7) is 7.63. The number of hydrogen-bond donors (Lipinski definition) is 3. The first kappa shape index (κ1) is 18.0. The predicted molar refractivity (Wildman–Crippen MR) is 102 cm³/mol. The molecule has 1 aliphatic heterocycles. The van der Waals surface area contributed by atoms with Gasteiger partial charge in [0.1, 0.15) is 17.7 Å². The van der Waals surface area contributed by atoms with Crippen molar-refractivity contribution in [3.8, 4) is 11.3 Å². The Morgan fingerprint density at radius 3 is 2.80 bits per heavy atom. The summed E-state index contributed by atoms with van der Waals surface area (Å²) in [6, 6.07) is 8.29. The van der Waals surface area contributed by atoms with E-state index in [1.807, 2.05) is 6.07 Å². The fourth-order valence-electron chi connectivity index (χ4n) is 3.58. The highest BCUT2D eigenvalue weighted by atomic mass is 16.3. The lowest BCUT2D eigenvalue weighted by Crippen LogP contribution is -2.27. The van der Waals surface area contributed by atoms with Crippen molar-refractivity contribution in [2.75, 3.05) is 11.9 Å². The maximum atomic E-state index is 9.42. The highest BCUT2D eigenvalue weighted by Crippen LogP contribution is 2.40. The van der Waals surface area contributed by atoms with Gasteiger partial charge in [-0.1, -0.05) is 45.4 Å². The van der Waals surface area contributed by atoms with Crippen LogP contribution in [0.4, 0.5) is 5.69 Å². The molecule has 0 amide bonds. The molecule has 0 aliphatic carbocycles. The third-order valence-electron chi connectivity index (χ3n) is 4.99. The normalized spacial score (nSPS) is 16.3. The van der Waals surface area contributed by atoms with E-state index in [0.717, 1.165) is 60.7 Å². The smallest absolute Gasteiger partial charge is 0.120 e. The van der Waals surface area contributed by atoms with E-state index in [0.29, 0.717) is 0 Å². The number of hydrogen-bond acceptors (Lipinski definition) is 4. The van der Waals surface area contributed by atoms with Gasteiger partial charge in [0, 0.05) is 30.8 Å². The number of para-hydroxylation sites is 1. The lowest BCUT2D eigenvalue weighted by Gasteiger charge is -2.29. The summed E-state index contributed by atoms with van der Waals surface area (Å²) in [5.74, 6) is 1.10. The van der Waals surface area contributed by atoms with E-state index < -0.39 is 0 Å². The van der Waals surface area contributed by atoms with Crippen molar-refractivity contribution in [3.05, 3.63) is 35.8 Å². The molecule has 136 valence electrons. The van der Waals surface area contributed by atoms with Crippen molar-refractivity contribution < 1.29 is 5.11 Å². The van der Waals surface area contributed by atoms with Crippen LogP contribution in [0.1, 0.15) is 57.7 Å². The molecular weight excluding hydrogens is 312 g/mol. The molecule has 0 bridgehead atoms. The van der Waals surface area contributed by atoms with E-state index in [-0.39, 0.29) is 18.2 Å². The second kappa shape index (κ2) is 7.18. The Morgan fingerprint density at radius 2 is 2.08 bits per heavy atom. The molecule has 3 rings (SSSR count). The van der Waals surface area contributed by atoms with Gasteiger partial charge in [-0.05, 0) is 24.3 Å². The predicted octanol–water partition coefficient (Wildman–Crippen LogP) is 3.68. The molecule has 5 nitrogen and oxygen atoms in total. The molecule has 1 unspecified atom stereocenters. The van der Waals surface area contributed by atoms with Crippen LogP contribution in [0.2, 0.25) is 0 Å². The molecule has 1 aromatic carbocycles. The molecule has 4 N–H and O–H groups in total. The molecular formula is C20H30N4O. The van der Waals surface area contributed by atoms with E-state index >= 15 is 0 Å². The Balaban J connectivity index is 2.12. The number of aliphatic hydroxyl groups is 1. The summed E-state index contributed by atoms with van der Waals surface area (Å²) in [7, 11) is 0. The third-order valence-corrected chi connectivity index (χ3v) is 4.99. The van der Waals surface area contributed by atoms with Crippen LogP contribution in [0, 0.1) is 5.41 Å². The molecule has 2 heterocycles. The summed E-state index contributed by atoms with van der Waals surface area (Å²) in [5.41, 5.74) is 10.7. The van der Waals surface area contributed by atoms with Gasteiger partial charge in [0.25, 0.3) is 0 Å². The third kappa shape index (κ3) is 3.58. The number of aromatic nitrogens is 2. The van der Waals surface area contributed by atoms with Crippen LogP contribution < -0.4 is 11.1 Å². The zero-order chi connectivity index (χ0) is 18.0. The zero-order valence-electron chi connectivity index (χ0n) is 15.5. The second-order valence-corrected chi connectivity index (χ2v) is 7.76. The van der Waals surface area contributed by atoms with Crippen molar-refractivity contribution in [2.45, 2.75) is 59.2 Å². The number of aliphatic hydroxyl groups excluding tert-OH is 1. The second-order valence-electron chi connectivity index (χ2n) is 7.76. The monoisotopic (exact) mass is 342 g/mol. The van der Waals surface area contributed by atoms with Crippen LogP contribution in [-0.2, 0) is 13.0 Å². The van der Waals surface area contributed by atoms with Crippen LogP contribution in [0.15, 0.2) is 24.3 Å². The summed E-state index contributed by atoms with van der Waals surface area (Å²) in [6.07, 6.45) is 3.68. The van der Waals surface area contributed by atoms with Crippen LogP contribution in [0.25, 0.3) is 11.3 Å². The number of aryl methyl sites for hydroxylation is 1. The Morgan fingerprint density at radius 1 is 1.32 bits per heavy atom. The first-order valence-corrected chi connectivity index (χ1v) is 9.28. The fourth-order valence-corrected chi connectivity index (χ4v) is 3.58. The fraction of sp³-hybridized carbons (Fsp3) is 0.550. The van der Waals surface area contributed by atoms with E-state index in [4.69, 9.17) is 10.7 Å². The molecule has 0 saturated heterocycles. The minimum Gasteiger partial charge on any atom is -0.396 e. The molecule has 1 aliphatic rings. The van der Waals surface area contributed by atoms with Gasteiger partial charge in [-0.15, -0.1) is 0 Å². The number of anilines is 1. The maximum Gasteiger partial charge on any atom is 0.120 e. The SMILES string of the molecule is CCCCc1nc2c(n1CC(C)(C)CCO)-c1ccccc1NC2N. The first-order valence-electron chi connectivity index (χ1n) is 9.28. The molecule has 0 spiro atoms. The number of imidazole rings is 1. The van der Waals surface area contributed by atoms with Crippen molar-refractivity contribution in [1.82, 2.24) is 9.55 Å². The van der Waals surface area contributed by atoms with Crippen LogP contribution in [-0.4, -0.2) is 21.3 Å². The van der Waals surface area contributed by atoms with Crippen LogP contribution in [0.5, 0.6) is 0 Å². The topological polar surface area (TPSA) is 76.1 Å². The van der Waals surface area contributed by atoms with E-state index in [1.165, 1.54) is 0 Å². The lowest BCUT2D eigenvalue weighted by molar-refractivity contribution is 0.191. The van der Waals surface area contributed by atoms with Gasteiger partial charge >= 0.3 is 0 Å². The van der Waals surface area contributed by atoms with Gasteiger partial charge in [-0.2, -0.15) is 0 Å². The standard InChI is InChI=1S/C20H30N4O/c1-4-5-10-16-23-17-18(24(16)13-20(2,3)11-12-25)14-8-6-7-9-15(14)22-19(17)21/h6-9,19,22,25H,4-5,10-13,21H2,1-3H3. The number of fused-ring (bicyclic) bond motifs is 3. The lowest BCUT2D eigenvalue weighted by atomic mass is 9.89. The summed E-state index contributed by atoms with van der Waals surface area (Å²) in [5, 5.41) is 12.8. The van der Waals surface area contributed by atoms with E-state index in [2.05, 4.69) is 48.9 Å². The van der Waals surface area contributed by atoms with Crippen molar-refractivity contribution in [1.29, 1.82) is 0 Å². The minimum atomic E-state index is -0.285. The van der Waals surface area contributed by atoms with Gasteiger partial charge in [0.05, 0.1) is 5.69 Å². The summed E-state index contributed by atoms with van der Waals surface area (Å²) in [4.78, 5) is 4.93. The molecule has 2 aromatic rings. The Bertz CT molecular complexity index is 735. The molecule has 0 saturated carbocycles. The zero-order valence-corrected chi connectivity index (χ0v) is 15.5. The van der Waals surface area contributed by atoms with Crippen LogP contribution in [0.3, 0.4) is 0 Å². The van der Waals surface area contributed by atoms with Gasteiger partial charge < -0.3 is 20.7 Å². The minimum absolute atomic E-state index is 0.00585. The van der Waals surface area contributed by atoms with Gasteiger partial charge in [0.2, 0.25) is 0 Å². The van der Waals surface area contributed by atoms with E-state index in [1.54, 1.807) is 0 Å². The molecule has 1 atom stereocenters. The number of nitrogens with one attached hydrogen (secondary N) is 1. The number of rotatable bonds is 7. The Hall–Kier alpha value is -1.85. The number of unbranched alkanes of at least 4 members (excludes halogenated alkanes) is 1. The van der Waals surface area contributed by atoms with Crippen LogP contribution >= 0.6 is 0 Å². The summed E-state index contributed by atoms with van der Waals surface area (Å²) < 4.78 is 2.35. The average Bonchev–Trinajstić information content (AvgIpc) is 2.91. The molecule has 25 heavy (non-hydrogen) atoms. The summed E-state index contributed by atoms with van der Waals surface area (Å²) >= 11 is 0. The highest BCUT2D eigenvalue weighted by molar-refractivity contribution is 5.81. The highest BCUT2D eigenvalue weighted by Gasteiger charge is 2.31. The Kier molecular flexibility index (Phi) is 5.16. The molecule has 1 aromatic heterocycles. The largest absolute Gasteiger partial charge is 0.396 e. The van der Waals surface area contributed by atoms with Gasteiger partial charge in [-0.25, -0.2) is 4.98 Å². The first-order chi connectivity index (χ1) is 12.0. The van der Waals surface area contributed by atoms with Gasteiger partial charge in [0.15, 0.2) is 0 Å². The number of benzene rings is 1. The molecule has 5 heteroatoms. The van der Waals surface area contributed by atoms with E-state index in [9.17, 15) is 5.11 Å². The average molecular weight is 342 g/mol.